The van der Waals surface area contributed by atoms with Gasteiger partial charge in [0, 0.05) is 30.8 Å². The number of anilines is 2. The first-order valence-corrected chi connectivity index (χ1v) is 12.5. The molecule has 178 valence electrons. The van der Waals surface area contributed by atoms with Crippen LogP contribution in [0.15, 0.2) is 88.3 Å². The second kappa shape index (κ2) is 8.92. The van der Waals surface area contributed by atoms with Gasteiger partial charge < -0.3 is 14.6 Å². The Kier molecular flexibility index (Phi) is 5.78. The summed E-state index contributed by atoms with van der Waals surface area (Å²) in [6.07, 6.45) is 0.953. The van der Waals surface area contributed by atoms with Crippen LogP contribution >= 0.6 is 0 Å². The largest absolute Gasteiger partial charge is 0.490 e. The number of nitrogens with zero attached hydrogens (tertiary/aromatic N) is 2. The van der Waals surface area contributed by atoms with Crippen LogP contribution in [0.5, 0.6) is 5.75 Å². The molecule has 0 spiro atoms. The number of carbonyl (C=O) groups is 1. The van der Waals surface area contributed by atoms with E-state index in [0.717, 1.165) is 23.3 Å². The second-order valence-corrected chi connectivity index (χ2v) is 10.3. The summed E-state index contributed by atoms with van der Waals surface area (Å²) >= 11 is 0. The van der Waals surface area contributed by atoms with Gasteiger partial charge in [-0.3, -0.25) is 9.10 Å². The standard InChI is InChI=1S/C26H23N3O5S/c1-17-14-19-15-18(8-13-24(19)33-17)25-16-23(28-34-25)26(30)27-20-9-11-22(12-10-20)35(31,32)29(2)21-6-4-3-5-7-21/h3-13,15-17H,14H2,1-2H3,(H,27,30)/t17-/m0/s1. The molecule has 0 aliphatic carbocycles. The second-order valence-electron chi connectivity index (χ2n) is 8.32. The van der Waals surface area contributed by atoms with Crippen LogP contribution < -0.4 is 14.4 Å². The minimum atomic E-state index is -3.74. The maximum Gasteiger partial charge on any atom is 0.277 e. The Morgan fingerprint density at radius 3 is 2.51 bits per heavy atom. The van der Waals surface area contributed by atoms with Crippen LogP contribution in [0.1, 0.15) is 23.0 Å². The van der Waals surface area contributed by atoms with Gasteiger partial charge in [0.1, 0.15) is 11.9 Å². The number of fused-ring (bicyclic) bond motifs is 1. The van der Waals surface area contributed by atoms with Gasteiger partial charge >= 0.3 is 0 Å². The molecule has 5 rings (SSSR count). The summed E-state index contributed by atoms with van der Waals surface area (Å²) < 4.78 is 38.2. The van der Waals surface area contributed by atoms with Crippen LogP contribution in [-0.2, 0) is 16.4 Å². The Bertz CT molecular complexity index is 1480. The first-order valence-electron chi connectivity index (χ1n) is 11.0. The van der Waals surface area contributed by atoms with Gasteiger partial charge in [-0.2, -0.15) is 0 Å². The monoisotopic (exact) mass is 489 g/mol. The van der Waals surface area contributed by atoms with E-state index >= 15 is 0 Å². The number of hydrogen-bond acceptors (Lipinski definition) is 6. The maximum absolute atomic E-state index is 12.9. The normalized spacial score (nSPS) is 14.7. The van der Waals surface area contributed by atoms with E-state index < -0.39 is 15.9 Å². The summed E-state index contributed by atoms with van der Waals surface area (Å²) in [5, 5.41) is 6.61. The lowest BCUT2D eigenvalue weighted by molar-refractivity contribution is 0.101. The highest BCUT2D eigenvalue weighted by molar-refractivity contribution is 7.92. The number of para-hydroxylation sites is 1. The highest BCUT2D eigenvalue weighted by atomic mass is 32.2. The quantitative estimate of drug-likeness (QED) is 0.420. The molecule has 4 aromatic rings. The van der Waals surface area contributed by atoms with Crippen molar-refractivity contribution in [2.24, 2.45) is 0 Å². The van der Waals surface area contributed by atoms with Crippen molar-refractivity contribution in [3.05, 3.63) is 90.1 Å². The van der Waals surface area contributed by atoms with Crippen molar-refractivity contribution in [2.45, 2.75) is 24.3 Å². The van der Waals surface area contributed by atoms with E-state index in [0.29, 0.717) is 17.1 Å². The van der Waals surface area contributed by atoms with Crippen LogP contribution in [-0.4, -0.2) is 32.6 Å². The summed E-state index contributed by atoms with van der Waals surface area (Å²) in [5.41, 5.74) is 3.00. The van der Waals surface area contributed by atoms with Crippen LogP contribution in [0.4, 0.5) is 11.4 Å². The summed E-state index contributed by atoms with van der Waals surface area (Å²) in [5.74, 6) is 0.872. The van der Waals surface area contributed by atoms with Gasteiger partial charge in [-0.05, 0) is 67.1 Å². The van der Waals surface area contributed by atoms with Gasteiger partial charge in [0.15, 0.2) is 11.5 Å². The molecule has 1 N–H and O–H groups in total. The topological polar surface area (TPSA) is 102 Å². The predicted octanol–water partition coefficient (Wildman–Crippen LogP) is 4.74. The van der Waals surface area contributed by atoms with E-state index in [1.165, 1.54) is 35.6 Å². The zero-order chi connectivity index (χ0) is 24.6. The molecule has 3 aromatic carbocycles. The Morgan fingerprint density at radius 2 is 1.77 bits per heavy atom. The number of aromatic nitrogens is 1. The third-order valence-electron chi connectivity index (χ3n) is 5.81. The molecular weight excluding hydrogens is 466 g/mol. The molecule has 0 radical (unpaired) electrons. The summed E-state index contributed by atoms with van der Waals surface area (Å²) in [4.78, 5) is 12.8. The molecule has 9 heteroatoms. The van der Waals surface area contributed by atoms with E-state index in [1.54, 1.807) is 30.3 Å². The highest BCUT2D eigenvalue weighted by Crippen LogP contribution is 2.33. The lowest BCUT2D eigenvalue weighted by atomic mass is 10.1. The lowest BCUT2D eigenvalue weighted by Gasteiger charge is -2.19. The molecule has 0 unspecified atom stereocenters. The Morgan fingerprint density at radius 1 is 1.03 bits per heavy atom. The molecule has 1 aliphatic heterocycles. The average molecular weight is 490 g/mol. The molecule has 0 saturated heterocycles. The summed E-state index contributed by atoms with van der Waals surface area (Å²) in [6, 6.07) is 22.1. The van der Waals surface area contributed by atoms with Crippen LogP contribution in [0.25, 0.3) is 11.3 Å². The fraction of sp³-hybridized carbons (Fsp3) is 0.154. The van der Waals surface area contributed by atoms with Crippen molar-refractivity contribution in [2.75, 3.05) is 16.7 Å². The van der Waals surface area contributed by atoms with Gasteiger partial charge in [-0.25, -0.2) is 8.42 Å². The molecule has 0 bridgehead atoms. The van der Waals surface area contributed by atoms with Crippen molar-refractivity contribution >= 4 is 27.3 Å². The van der Waals surface area contributed by atoms with Crippen molar-refractivity contribution in [3.8, 4) is 17.1 Å². The van der Waals surface area contributed by atoms with Crippen molar-refractivity contribution < 1.29 is 22.5 Å². The number of hydrogen-bond donors (Lipinski definition) is 1. The number of nitrogens with one attached hydrogen (secondary N) is 1. The zero-order valence-electron chi connectivity index (χ0n) is 19.1. The first-order chi connectivity index (χ1) is 16.8. The summed E-state index contributed by atoms with van der Waals surface area (Å²) in [7, 11) is -2.24. The van der Waals surface area contributed by atoms with Gasteiger partial charge in [0.2, 0.25) is 0 Å². The lowest BCUT2D eigenvalue weighted by Crippen LogP contribution is -2.26. The Hall–Kier alpha value is -4.11. The number of amides is 1. The minimum absolute atomic E-state index is 0.112. The highest BCUT2D eigenvalue weighted by Gasteiger charge is 2.22. The van der Waals surface area contributed by atoms with Crippen molar-refractivity contribution in [3.63, 3.8) is 0 Å². The molecule has 0 fully saturated rings. The number of rotatable bonds is 6. The van der Waals surface area contributed by atoms with E-state index in [9.17, 15) is 13.2 Å². The third-order valence-corrected chi connectivity index (χ3v) is 7.61. The first kappa shape index (κ1) is 22.7. The molecule has 8 nitrogen and oxygen atoms in total. The molecule has 2 heterocycles. The average Bonchev–Trinajstić information content (AvgIpc) is 3.50. The van der Waals surface area contributed by atoms with Gasteiger partial charge in [0.25, 0.3) is 15.9 Å². The minimum Gasteiger partial charge on any atom is -0.490 e. The van der Waals surface area contributed by atoms with E-state index in [4.69, 9.17) is 9.26 Å². The third kappa shape index (κ3) is 4.50. The van der Waals surface area contributed by atoms with E-state index in [1.807, 2.05) is 31.2 Å². The number of carbonyl (C=O) groups excluding carboxylic acids is 1. The van der Waals surface area contributed by atoms with Crippen molar-refractivity contribution in [1.82, 2.24) is 5.16 Å². The zero-order valence-corrected chi connectivity index (χ0v) is 20.0. The van der Waals surface area contributed by atoms with E-state index in [-0.39, 0.29) is 16.7 Å². The predicted molar refractivity (Wildman–Crippen MR) is 132 cm³/mol. The maximum atomic E-state index is 12.9. The molecule has 35 heavy (non-hydrogen) atoms. The fourth-order valence-corrected chi connectivity index (χ4v) is 5.13. The van der Waals surface area contributed by atoms with Crippen LogP contribution in [0, 0.1) is 0 Å². The van der Waals surface area contributed by atoms with Crippen LogP contribution in [0.3, 0.4) is 0 Å². The van der Waals surface area contributed by atoms with Crippen LogP contribution in [0.2, 0.25) is 0 Å². The SMILES string of the molecule is C[C@H]1Cc2cc(-c3cc(C(=O)Nc4ccc(S(=O)(=O)N(C)c5ccccc5)cc4)no3)ccc2O1. The molecule has 1 aromatic heterocycles. The Balaban J connectivity index is 1.28. The molecule has 1 aliphatic rings. The van der Waals surface area contributed by atoms with Gasteiger partial charge in [0.05, 0.1) is 10.6 Å². The number of benzene rings is 3. The van der Waals surface area contributed by atoms with Gasteiger partial charge in [-0.15, -0.1) is 0 Å². The number of ether oxygens (including phenoxy) is 1. The molecule has 0 saturated carbocycles. The molecule has 1 amide bonds. The summed E-state index contributed by atoms with van der Waals surface area (Å²) in [6.45, 7) is 2.01. The van der Waals surface area contributed by atoms with Crippen molar-refractivity contribution in [1.29, 1.82) is 0 Å². The molecule has 1 atom stereocenters. The fourth-order valence-electron chi connectivity index (χ4n) is 3.93. The smallest absolute Gasteiger partial charge is 0.277 e. The Labute approximate surface area is 203 Å². The van der Waals surface area contributed by atoms with Gasteiger partial charge in [-0.1, -0.05) is 23.4 Å². The van der Waals surface area contributed by atoms with E-state index in [2.05, 4.69) is 10.5 Å². The molecular formula is C26H23N3O5S. The number of sulfonamides is 1.